The fraction of sp³-hybridized carbons (Fsp3) is 0.303. The number of aliphatic carboxylic acids is 1. The van der Waals surface area contributed by atoms with E-state index in [1.807, 2.05) is 48.5 Å². The van der Waals surface area contributed by atoms with Crippen LogP contribution < -0.4 is 5.32 Å². The summed E-state index contributed by atoms with van der Waals surface area (Å²) in [6, 6.07) is 23.7. The van der Waals surface area contributed by atoms with Crippen molar-refractivity contribution in [3.05, 3.63) is 100 Å². The number of aromatic nitrogens is 1. The van der Waals surface area contributed by atoms with E-state index in [1.54, 1.807) is 0 Å². The van der Waals surface area contributed by atoms with Crippen LogP contribution in [0.25, 0.3) is 22.2 Å². The molecule has 1 heterocycles. The highest BCUT2D eigenvalue weighted by atomic mass is 35.5. The van der Waals surface area contributed by atoms with Crippen molar-refractivity contribution in [3.63, 3.8) is 0 Å². The number of unbranched alkanes of at least 4 members (excludes halogenated alkanes) is 1. The standard InChI is InChI=1S/C33H33ClN2O3/c1-33(2)18-17-29(26-8-4-5-9-27(26)33)36-32(39)23-13-16-28-24(20-23)19-22(7-3-6-10-30(37)38)31(35-28)21-11-14-25(34)15-12-21/h4-5,8-9,11-16,19-20,29H,3,6-7,10,17-18H2,1-2H3,(H,36,39)(H,37,38). The van der Waals surface area contributed by atoms with Crippen LogP contribution in [-0.4, -0.2) is 22.0 Å². The lowest BCUT2D eigenvalue weighted by Crippen LogP contribution is -2.35. The number of carbonyl (C=O) groups is 2. The van der Waals surface area contributed by atoms with E-state index >= 15 is 0 Å². The van der Waals surface area contributed by atoms with Gasteiger partial charge in [0.25, 0.3) is 5.91 Å². The van der Waals surface area contributed by atoms with Crippen LogP contribution in [-0.2, 0) is 16.6 Å². The predicted molar refractivity (Wildman–Crippen MR) is 156 cm³/mol. The molecular formula is C33H33ClN2O3. The Morgan fingerprint density at radius 2 is 1.79 bits per heavy atom. The molecule has 1 aliphatic carbocycles. The summed E-state index contributed by atoms with van der Waals surface area (Å²) in [7, 11) is 0. The first kappa shape index (κ1) is 26.9. The third kappa shape index (κ3) is 5.99. The number of carbonyl (C=O) groups excluding carboxylic acids is 1. The SMILES string of the molecule is CC1(C)CCC(NC(=O)c2ccc3nc(-c4ccc(Cl)cc4)c(CCCCC(=O)O)cc3c2)c2ccccc21. The number of aryl methyl sites for hydroxylation is 1. The Balaban J connectivity index is 1.44. The lowest BCUT2D eigenvalue weighted by molar-refractivity contribution is -0.137. The predicted octanol–water partition coefficient (Wildman–Crippen LogP) is 7.90. The van der Waals surface area contributed by atoms with E-state index in [1.165, 1.54) is 11.1 Å². The number of benzene rings is 3. The number of nitrogens with zero attached hydrogens (tertiary/aromatic N) is 1. The fourth-order valence-corrected chi connectivity index (χ4v) is 5.73. The summed E-state index contributed by atoms with van der Waals surface area (Å²) in [6.45, 7) is 4.52. The summed E-state index contributed by atoms with van der Waals surface area (Å²) in [5.41, 5.74) is 6.82. The van der Waals surface area contributed by atoms with E-state index in [2.05, 4.69) is 43.4 Å². The highest BCUT2D eigenvalue weighted by Crippen LogP contribution is 2.41. The summed E-state index contributed by atoms with van der Waals surface area (Å²) in [6.07, 6.45) is 4.07. The molecule has 5 rings (SSSR count). The van der Waals surface area contributed by atoms with Gasteiger partial charge < -0.3 is 10.4 Å². The van der Waals surface area contributed by atoms with Gasteiger partial charge >= 0.3 is 5.97 Å². The van der Waals surface area contributed by atoms with Gasteiger partial charge in [0.05, 0.1) is 17.3 Å². The van der Waals surface area contributed by atoms with Crippen molar-refractivity contribution in [1.82, 2.24) is 10.3 Å². The summed E-state index contributed by atoms with van der Waals surface area (Å²) in [5, 5.41) is 13.8. The number of fused-ring (bicyclic) bond motifs is 2. The summed E-state index contributed by atoms with van der Waals surface area (Å²) >= 11 is 6.11. The average molecular weight is 541 g/mol. The normalized spacial score (nSPS) is 16.0. The molecule has 5 nitrogen and oxygen atoms in total. The van der Waals surface area contributed by atoms with Crippen molar-refractivity contribution in [3.8, 4) is 11.3 Å². The van der Waals surface area contributed by atoms with Gasteiger partial charge in [-0.3, -0.25) is 9.59 Å². The van der Waals surface area contributed by atoms with Gasteiger partial charge in [-0.2, -0.15) is 0 Å². The van der Waals surface area contributed by atoms with Gasteiger partial charge in [-0.05, 0) is 90.6 Å². The molecule has 2 N–H and O–H groups in total. The topological polar surface area (TPSA) is 79.3 Å². The molecular weight excluding hydrogens is 508 g/mol. The van der Waals surface area contributed by atoms with Crippen LogP contribution in [0.4, 0.5) is 0 Å². The fourth-order valence-electron chi connectivity index (χ4n) is 5.61. The first-order valence-corrected chi connectivity index (χ1v) is 13.9. The zero-order valence-corrected chi connectivity index (χ0v) is 23.1. The number of carboxylic acids is 1. The summed E-state index contributed by atoms with van der Waals surface area (Å²) in [5.74, 6) is -0.884. The number of rotatable bonds is 8. The Labute approximate surface area is 234 Å². The molecule has 1 aromatic heterocycles. The van der Waals surface area contributed by atoms with E-state index in [4.69, 9.17) is 21.7 Å². The molecule has 1 atom stereocenters. The average Bonchev–Trinajstić information content (AvgIpc) is 2.92. The highest BCUT2D eigenvalue weighted by Gasteiger charge is 2.33. The summed E-state index contributed by atoms with van der Waals surface area (Å²) < 4.78 is 0. The number of hydrogen-bond donors (Lipinski definition) is 2. The molecule has 0 radical (unpaired) electrons. The maximum absolute atomic E-state index is 13.4. The Bertz CT molecular complexity index is 1530. The van der Waals surface area contributed by atoms with E-state index in [0.717, 1.165) is 47.0 Å². The minimum Gasteiger partial charge on any atom is -0.481 e. The molecule has 200 valence electrons. The van der Waals surface area contributed by atoms with E-state index in [9.17, 15) is 9.59 Å². The minimum atomic E-state index is -0.788. The van der Waals surface area contributed by atoms with Gasteiger partial charge in [-0.1, -0.05) is 61.8 Å². The van der Waals surface area contributed by atoms with Crippen LogP contribution in [0.2, 0.25) is 5.02 Å². The smallest absolute Gasteiger partial charge is 0.303 e. The number of nitrogens with one attached hydrogen (secondary N) is 1. The van der Waals surface area contributed by atoms with Crippen LogP contribution in [0.3, 0.4) is 0 Å². The molecule has 0 fully saturated rings. The van der Waals surface area contributed by atoms with Gasteiger partial charge in [0.1, 0.15) is 0 Å². The zero-order chi connectivity index (χ0) is 27.6. The monoisotopic (exact) mass is 540 g/mol. The number of hydrogen-bond acceptors (Lipinski definition) is 3. The lowest BCUT2D eigenvalue weighted by atomic mass is 9.71. The lowest BCUT2D eigenvalue weighted by Gasteiger charge is -2.37. The third-order valence-electron chi connectivity index (χ3n) is 7.79. The Morgan fingerprint density at radius 1 is 1.03 bits per heavy atom. The molecule has 3 aromatic carbocycles. The molecule has 0 saturated carbocycles. The van der Waals surface area contributed by atoms with E-state index in [-0.39, 0.29) is 23.8 Å². The van der Waals surface area contributed by atoms with Crippen LogP contribution in [0, 0.1) is 0 Å². The summed E-state index contributed by atoms with van der Waals surface area (Å²) in [4.78, 5) is 29.4. The number of carboxylic acid groups (broad SMARTS) is 1. The van der Waals surface area contributed by atoms with E-state index in [0.29, 0.717) is 23.4 Å². The second-order valence-corrected chi connectivity index (χ2v) is 11.5. The van der Waals surface area contributed by atoms with Gasteiger partial charge in [0.15, 0.2) is 0 Å². The maximum atomic E-state index is 13.4. The van der Waals surface area contributed by atoms with Crippen LogP contribution >= 0.6 is 11.6 Å². The first-order valence-electron chi connectivity index (χ1n) is 13.5. The van der Waals surface area contributed by atoms with E-state index < -0.39 is 5.97 Å². The first-order chi connectivity index (χ1) is 18.7. The third-order valence-corrected chi connectivity index (χ3v) is 8.04. The minimum absolute atomic E-state index is 0.0207. The van der Waals surface area contributed by atoms with Gasteiger partial charge in [0, 0.05) is 28.0 Å². The molecule has 1 aliphatic rings. The molecule has 0 bridgehead atoms. The van der Waals surface area contributed by atoms with Crippen LogP contribution in [0.1, 0.15) is 79.0 Å². The molecule has 6 heteroatoms. The number of halogens is 1. The second kappa shape index (κ2) is 11.2. The Hall–Kier alpha value is -3.70. The largest absolute Gasteiger partial charge is 0.481 e. The van der Waals surface area contributed by atoms with Crippen molar-refractivity contribution in [2.45, 2.75) is 63.8 Å². The van der Waals surface area contributed by atoms with Gasteiger partial charge in [-0.15, -0.1) is 0 Å². The quantitative estimate of drug-likeness (QED) is 0.223. The second-order valence-electron chi connectivity index (χ2n) is 11.0. The Kier molecular flexibility index (Phi) is 7.72. The molecule has 0 aliphatic heterocycles. The molecule has 4 aromatic rings. The van der Waals surface area contributed by atoms with Crippen molar-refractivity contribution in [1.29, 1.82) is 0 Å². The molecule has 0 saturated heterocycles. The van der Waals surface area contributed by atoms with Crippen LogP contribution in [0.5, 0.6) is 0 Å². The number of amides is 1. The molecule has 1 amide bonds. The van der Waals surface area contributed by atoms with Crippen molar-refractivity contribution < 1.29 is 14.7 Å². The molecule has 1 unspecified atom stereocenters. The maximum Gasteiger partial charge on any atom is 0.303 e. The number of pyridine rings is 1. The molecule has 0 spiro atoms. The van der Waals surface area contributed by atoms with Gasteiger partial charge in [0.2, 0.25) is 0 Å². The van der Waals surface area contributed by atoms with Crippen LogP contribution in [0.15, 0.2) is 72.8 Å². The molecule has 39 heavy (non-hydrogen) atoms. The highest BCUT2D eigenvalue weighted by molar-refractivity contribution is 6.30. The van der Waals surface area contributed by atoms with Crippen molar-refractivity contribution >= 4 is 34.4 Å². The van der Waals surface area contributed by atoms with Gasteiger partial charge in [-0.25, -0.2) is 4.98 Å². The van der Waals surface area contributed by atoms with Crippen molar-refractivity contribution in [2.24, 2.45) is 0 Å². The zero-order valence-electron chi connectivity index (χ0n) is 22.3. The van der Waals surface area contributed by atoms with Crippen molar-refractivity contribution in [2.75, 3.05) is 0 Å². The Morgan fingerprint density at radius 3 is 2.56 bits per heavy atom.